The topological polar surface area (TPSA) is 49.8 Å². The molecule has 4 nitrogen and oxygen atoms in total. The molecule has 0 aromatic heterocycles. The smallest absolute Gasteiger partial charge is 0.416 e. The van der Waals surface area contributed by atoms with Crippen molar-refractivity contribution in [2.24, 2.45) is 0 Å². The van der Waals surface area contributed by atoms with Crippen LogP contribution < -0.4 is 4.74 Å². The van der Waals surface area contributed by atoms with Gasteiger partial charge in [0.05, 0.1) is 18.7 Å². The Balaban J connectivity index is 2.26. The fourth-order valence-corrected chi connectivity index (χ4v) is 4.30. The number of halogens is 5. The van der Waals surface area contributed by atoms with Crippen molar-refractivity contribution in [3.8, 4) is 5.75 Å². The van der Waals surface area contributed by atoms with Crippen molar-refractivity contribution in [2.75, 3.05) is 13.7 Å². The van der Waals surface area contributed by atoms with E-state index in [9.17, 15) is 23.1 Å². The van der Waals surface area contributed by atoms with E-state index in [-0.39, 0.29) is 10.6 Å². The fraction of sp³-hybridized carbons (Fsp3) is 0.381. The van der Waals surface area contributed by atoms with E-state index in [0.29, 0.717) is 42.1 Å². The Morgan fingerprint density at radius 2 is 1.90 bits per heavy atom. The Bertz CT molecular complexity index is 936. The van der Waals surface area contributed by atoms with E-state index in [2.05, 4.69) is 0 Å². The summed E-state index contributed by atoms with van der Waals surface area (Å²) in [5, 5.41) is 10.2. The molecule has 30 heavy (non-hydrogen) atoms. The Labute approximate surface area is 182 Å². The highest BCUT2D eigenvalue weighted by Gasteiger charge is 2.39. The van der Waals surface area contributed by atoms with Crippen LogP contribution >= 0.6 is 23.2 Å². The lowest BCUT2D eigenvalue weighted by Gasteiger charge is -2.40. The van der Waals surface area contributed by atoms with Gasteiger partial charge in [-0.15, -0.1) is 0 Å². The predicted molar refractivity (Wildman–Crippen MR) is 108 cm³/mol. The molecule has 2 unspecified atom stereocenters. The van der Waals surface area contributed by atoms with Crippen LogP contribution in [0.4, 0.5) is 13.2 Å². The van der Waals surface area contributed by atoms with E-state index in [1.54, 1.807) is 23.1 Å². The monoisotopic (exact) mass is 461 g/mol. The van der Waals surface area contributed by atoms with E-state index in [4.69, 9.17) is 27.9 Å². The summed E-state index contributed by atoms with van der Waals surface area (Å²) in [6, 6.07) is 6.08. The van der Waals surface area contributed by atoms with Crippen LogP contribution in [0.1, 0.15) is 42.0 Å². The molecule has 2 aromatic carbocycles. The minimum absolute atomic E-state index is 0.102. The average molecular weight is 462 g/mol. The van der Waals surface area contributed by atoms with Crippen molar-refractivity contribution in [3.05, 3.63) is 63.1 Å². The number of piperidine rings is 1. The maximum absolute atomic E-state index is 13.4. The zero-order chi connectivity index (χ0) is 22.1. The Morgan fingerprint density at radius 3 is 2.53 bits per heavy atom. The lowest BCUT2D eigenvalue weighted by atomic mass is 9.90. The molecule has 1 N–H and O–H groups in total. The number of ether oxygens (including phenoxy) is 1. The van der Waals surface area contributed by atoms with E-state index in [1.165, 1.54) is 13.2 Å². The third-order valence-electron chi connectivity index (χ3n) is 5.27. The molecule has 2 atom stereocenters. The van der Waals surface area contributed by atoms with Crippen molar-refractivity contribution in [2.45, 2.75) is 37.5 Å². The predicted octanol–water partition coefficient (Wildman–Crippen LogP) is 6.05. The summed E-state index contributed by atoms with van der Waals surface area (Å²) in [5.41, 5.74) is -0.253. The zero-order valence-electron chi connectivity index (χ0n) is 16.0. The zero-order valence-corrected chi connectivity index (χ0v) is 17.6. The van der Waals surface area contributed by atoms with Gasteiger partial charge in [0.15, 0.2) is 0 Å². The summed E-state index contributed by atoms with van der Waals surface area (Å²) >= 11 is 12.5. The molecule has 3 rings (SSSR count). The molecular formula is C21H20Cl2F3NO3. The quantitative estimate of drug-likeness (QED) is 0.588. The highest BCUT2D eigenvalue weighted by Crippen LogP contribution is 2.43. The number of hydrogen-bond acceptors (Lipinski definition) is 3. The van der Waals surface area contributed by atoms with E-state index in [0.717, 1.165) is 12.1 Å². The molecule has 1 fully saturated rings. The van der Waals surface area contributed by atoms with Crippen molar-refractivity contribution in [1.82, 2.24) is 4.90 Å². The fourth-order valence-electron chi connectivity index (χ4n) is 3.90. The van der Waals surface area contributed by atoms with Crippen molar-refractivity contribution < 1.29 is 27.8 Å². The number of nitrogens with zero attached hydrogens (tertiary/aromatic N) is 1. The number of rotatable bonds is 5. The van der Waals surface area contributed by atoms with Crippen LogP contribution in [0.3, 0.4) is 0 Å². The summed E-state index contributed by atoms with van der Waals surface area (Å²) in [6.07, 6.45) is -2.77. The number of aliphatic carboxylic acids is 1. The maximum atomic E-state index is 13.4. The van der Waals surface area contributed by atoms with Crippen LogP contribution in [0.25, 0.3) is 0 Å². The molecule has 0 bridgehead atoms. The van der Waals surface area contributed by atoms with E-state index >= 15 is 0 Å². The normalized spacial score (nSPS) is 18.8. The van der Waals surface area contributed by atoms with E-state index in [1.807, 2.05) is 0 Å². The first-order valence-electron chi connectivity index (χ1n) is 9.32. The van der Waals surface area contributed by atoms with Gasteiger partial charge in [0.25, 0.3) is 0 Å². The van der Waals surface area contributed by atoms with Crippen LogP contribution in [0, 0.1) is 0 Å². The number of methoxy groups -OCH3 is 1. The summed E-state index contributed by atoms with van der Waals surface area (Å²) in [5.74, 6) is -0.656. The second kappa shape index (κ2) is 9.04. The number of carboxylic acids is 1. The summed E-state index contributed by atoms with van der Waals surface area (Å²) in [4.78, 5) is 13.6. The van der Waals surface area contributed by atoms with Crippen molar-refractivity contribution >= 4 is 29.2 Å². The highest BCUT2D eigenvalue weighted by molar-refractivity contribution is 6.31. The molecule has 162 valence electrons. The van der Waals surface area contributed by atoms with Crippen LogP contribution in [0.5, 0.6) is 5.75 Å². The second-order valence-corrected chi connectivity index (χ2v) is 7.95. The SMILES string of the molecule is COc1ccc(Cl)cc1C(c1cc(C(F)(F)F)ccc1Cl)N1CCCCC1C(=O)O. The van der Waals surface area contributed by atoms with Gasteiger partial charge in [0.2, 0.25) is 0 Å². The van der Waals surface area contributed by atoms with Crippen molar-refractivity contribution in [3.63, 3.8) is 0 Å². The van der Waals surface area contributed by atoms with Gasteiger partial charge in [-0.25, -0.2) is 0 Å². The van der Waals surface area contributed by atoms with Gasteiger partial charge in [-0.2, -0.15) is 13.2 Å². The van der Waals surface area contributed by atoms with Gasteiger partial charge in [-0.05, 0) is 61.3 Å². The second-order valence-electron chi connectivity index (χ2n) is 7.11. The Hall–Kier alpha value is -1.96. The molecular weight excluding hydrogens is 442 g/mol. The molecule has 1 aliphatic heterocycles. The largest absolute Gasteiger partial charge is 0.496 e. The van der Waals surface area contributed by atoms with Gasteiger partial charge < -0.3 is 9.84 Å². The number of hydrogen-bond donors (Lipinski definition) is 1. The molecule has 0 amide bonds. The molecule has 1 aliphatic rings. The molecule has 9 heteroatoms. The minimum Gasteiger partial charge on any atom is -0.496 e. The van der Waals surface area contributed by atoms with Crippen LogP contribution in [0.2, 0.25) is 10.0 Å². The van der Waals surface area contributed by atoms with Gasteiger partial charge in [-0.3, -0.25) is 9.69 Å². The molecule has 0 saturated carbocycles. The molecule has 1 saturated heterocycles. The number of alkyl halides is 3. The first-order valence-corrected chi connectivity index (χ1v) is 10.1. The third kappa shape index (κ3) is 4.68. The van der Waals surface area contributed by atoms with Gasteiger partial charge >= 0.3 is 12.1 Å². The molecule has 2 aromatic rings. The summed E-state index contributed by atoms with van der Waals surface area (Å²) in [6.45, 7) is 0.379. The summed E-state index contributed by atoms with van der Waals surface area (Å²) in [7, 11) is 1.43. The average Bonchev–Trinajstić information content (AvgIpc) is 2.69. The standard InChI is InChI=1S/C21H20Cl2F3NO3/c1-30-18-8-6-13(22)11-15(18)19(27-9-3-2-4-17(27)20(28)29)14-10-12(21(24,25)26)5-7-16(14)23/h5-8,10-11,17,19H,2-4,9H2,1H3,(H,28,29). The lowest BCUT2D eigenvalue weighted by molar-refractivity contribution is -0.145. The third-order valence-corrected chi connectivity index (χ3v) is 5.84. The summed E-state index contributed by atoms with van der Waals surface area (Å²) < 4.78 is 45.7. The first kappa shape index (κ1) is 22.7. The van der Waals surface area contributed by atoms with Gasteiger partial charge in [-0.1, -0.05) is 29.6 Å². The minimum atomic E-state index is -4.57. The Morgan fingerprint density at radius 1 is 1.17 bits per heavy atom. The van der Waals surface area contributed by atoms with E-state index < -0.39 is 29.8 Å². The number of carbonyl (C=O) groups is 1. The highest BCUT2D eigenvalue weighted by atomic mass is 35.5. The number of carboxylic acid groups (broad SMARTS) is 1. The molecule has 0 spiro atoms. The van der Waals surface area contributed by atoms with Crippen LogP contribution in [-0.2, 0) is 11.0 Å². The van der Waals surface area contributed by atoms with Crippen LogP contribution in [0.15, 0.2) is 36.4 Å². The van der Waals surface area contributed by atoms with Gasteiger partial charge in [0.1, 0.15) is 11.8 Å². The maximum Gasteiger partial charge on any atom is 0.416 e. The molecule has 1 heterocycles. The molecule has 0 radical (unpaired) electrons. The van der Waals surface area contributed by atoms with Crippen molar-refractivity contribution in [1.29, 1.82) is 0 Å². The lowest BCUT2D eigenvalue weighted by Crippen LogP contribution is -2.47. The molecule has 0 aliphatic carbocycles. The van der Waals surface area contributed by atoms with Gasteiger partial charge in [0, 0.05) is 15.6 Å². The first-order chi connectivity index (χ1) is 14.1. The van der Waals surface area contributed by atoms with Crippen LogP contribution in [-0.4, -0.2) is 35.7 Å². The number of benzene rings is 2. The number of likely N-dealkylation sites (tertiary alicyclic amines) is 1. The Kier molecular flexibility index (Phi) is 6.84.